The van der Waals surface area contributed by atoms with Crippen LogP contribution in [0.15, 0.2) is 46.9 Å². The van der Waals surface area contributed by atoms with Crippen LogP contribution >= 0.6 is 11.6 Å². The first-order valence-electron chi connectivity index (χ1n) is 11.5. The fraction of sp³-hybridized carbons (Fsp3) is 0.385. The van der Waals surface area contributed by atoms with Gasteiger partial charge in [-0.25, -0.2) is 0 Å². The van der Waals surface area contributed by atoms with Crippen LogP contribution in [0.5, 0.6) is 0 Å². The fourth-order valence-corrected chi connectivity index (χ4v) is 4.83. The van der Waals surface area contributed by atoms with E-state index in [1.807, 2.05) is 30.3 Å². The normalized spacial score (nSPS) is 15.3. The third-order valence-electron chi connectivity index (χ3n) is 6.43. The predicted molar refractivity (Wildman–Crippen MR) is 130 cm³/mol. The zero-order chi connectivity index (χ0) is 23.4. The molecule has 7 heteroatoms. The number of aryl methyl sites for hydroxylation is 1. The number of carboxylic acids is 1. The average molecular weight is 469 g/mol. The summed E-state index contributed by atoms with van der Waals surface area (Å²) in [6.45, 7) is 2.19. The Hall–Kier alpha value is -2.99. The van der Waals surface area contributed by atoms with Crippen LogP contribution in [0.4, 0.5) is 5.69 Å². The van der Waals surface area contributed by atoms with E-state index in [0.717, 1.165) is 40.8 Å². The summed E-state index contributed by atoms with van der Waals surface area (Å²) in [6.07, 6.45) is 5.87. The number of carbonyl (C=O) groups is 2. The van der Waals surface area contributed by atoms with Crippen LogP contribution in [0.3, 0.4) is 0 Å². The number of fused-ring (bicyclic) bond motifs is 1. The second kappa shape index (κ2) is 10.3. The molecule has 0 aliphatic heterocycles. The standard InChI is InChI=1S/C26H29ClN2O4/c1-16-21-15-19(27)9-12-22(21)33-25(16)24(17-5-3-2-4-6-17)29-20-10-7-18(8-11-20)26(32)28-14-13-23(30)31/h7-12,15,17,24,29H,2-6,13-14H2,1H3,(H,28,32)(H,30,31). The number of hydrogen-bond acceptors (Lipinski definition) is 4. The van der Waals surface area contributed by atoms with E-state index in [1.54, 1.807) is 12.1 Å². The second-order valence-corrected chi connectivity index (χ2v) is 9.17. The molecular weight excluding hydrogens is 440 g/mol. The third-order valence-corrected chi connectivity index (χ3v) is 6.67. The maximum absolute atomic E-state index is 12.2. The molecule has 6 nitrogen and oxygen atoms in total. The van der Waals surface area contributed by atoms with Gasteiger partial charge in [-0.1, -0.05) is 30.9 Å². The Balaban J connectivity index is 1.56. The molecule has 0 bridgehead atoms. The van der Waals surface area contributed by atoms with Gasteiger partial charge in [0, 0.05) is 33.8 Å². The maximum atomic E-state index is 12.2. The van der Waals surface area contributed by atoms with Gasteiger partial charge in [-0.3, -0.25) is 9.59 Å². The highest BCUT2D eigenvalue weighted by molar-refractivity contribution is 6.31. The molecule has 1 amide bonds. The lowest BCUT2D eigenvalue weighted by molar-refractivity contribution is -0.136. The van der Waals surface area contributed by atoms with E-state index in [2.05, 4.69) is 17.6 Å². The number of anilines is 1. The van der Waals surface area contributed by atoms with Crippen molar-refractivity contribution in [2.75, 3.05) is 11.9 Å². The van der Waals surface area contributed by atoms with E-state index < -0.39 is 5.97 Å². The minimum Gasteiger partial charge on any atom is -0.481 e. The summed E-state index contributed by atoms with van der Waals surface area (Å²) in [6, 6.07) is 13.0. The van der Waals surface area contributed by atoms with Crippen molar-refractivity contribution in [2.45, 2.75) is 51.5 Å². The number of halogens is 1. The maximum Gasteiger partial charge on any atom is 0.305 e. The van der Waals surface area contributed by atoms with Gasteiger partial charge in [-0.2, -0.15) is 0 Å². The summed E-state index contributed by atoms with van der Waals surface area (Å²) < 4.78 is 6.33. The highest BCUT2D eigenvalue weighted by Crippen LogP contribution is 2.41. The minimum atomic E-state index is -0.938. The number of carboxylic acid groups (broad SMARTS) is 1. The quantitative estimate of drug-likeness (QED) is 0.359. The highest BCUT2D eigenvalue weighted by atomic mass is 35.5. The van der Waals surface area contributed by atoms with Crippen molar-refractivity contribution >= 4 is 40.1 Å². The van der Waals surface area contributed by atoms with E-state index in [4.69, 9.17) is 21.1 Å². The molecule has 1 unspecified atom stereocenters. The number of amides is 1. The molecule has 1 atom stereocenters. The zero-order valence-corrected chi connectivity index (χ0v) is 19.5. The number of carbonyl (C=O) groups excluding carboxylic acids is 1. The van der Waals surface area contributed by atoms with Gasteiger partial charge in [0.15, 0.2) is 0 Å². The Morgan fingerprint density at radius 2 is 1.85 bits per heavy atom. The molecule has 1 aliphatic rings. The van der Waals surface area contributed by atoms with Crippen LogP contribution in [0.25, 0.3) is 11.0 Å². The summed E-state index contributed by atoms with van der Waals surface area (Å²) in [5.41, 5.74) is 3.34. The SMILES string of the molecule is Cc1c(C(Nc2ccc(C(=O)NCCC(=O)O)cc2)C2CCCCC2)oc2ccc(Cl)cc12. The van der Waals surface area contributed by atoms with Gasteiger partial charge in [-0.15, -0.1) is 0 Å². The predicted octanol–water partition coefficient (Wildman–Crippen LogP) is 6.33. The molecule has 2 aromatic carbocycles. The molecule has 0 spiro atoms. The molecule has 3 aromatic rings. The monoisotopic (exact) mass is 468 g/mol. The summed E-state index contributed by atoms with van der Waals surface area (Å²) in [7, 11) is 0. The fourth-order valence-electron chi connectivity index (χ4n) is 4.66. The van der Waals surface area contributed by atoms with Gasteiger partial charge in [0.25, 0.3) is 5.91 Å². The van der Waals surface area contributed by atoms with Crippen molar-refractivity contribution < 1.29 is 19.1 Å². The first-order chi connectivity index (χ1) is 15.9. The van der Waals surface area contributed by atoms with E-state index in [-0.39, 0.29) is 24.9 Å². The van der Waals surface area contributed by atoms with Gasteiger partial charge in [0.05, 0.1) is 12.5 Å². The number of rotatable bonds is 8. The second-order valence-electron chi connectivity index (χ2n) is 8.73. The first-order valence-corrected chi connectivity index (χ1v) is 11.9. The Bertz CT molecular complexity index is 1130. The summed E-state index contributed by atoms with van der Waals surface area (Å²) in [5, 5.41) is 16.8. The number of aliphatic carboxylic acids is 1. The Morgan fingerprint density at radius 3 is 2.55 bits per heavy atom. The van der Waals surface area contributed by atoms with Crippen LogP contribution in [0.2, 0.25) is 5.02 Å². The molecule has 4 rings (SSSR count). The number of furan rings is 1. The van der Waals surface area contributed by atoms with E-state index in [9.17, 15) is 9.59 Å². The zero-order valence-electron chi connectivity index (χ0n) is 18.7. The van der Waals surface area contributed by atoms with Crippen molar-refractivity contribution in [2.24, 2.45) is 5.92 Å². The van der Waals surface area contributed by atoms with Gasteiger partial charge >= 0.3 is 5.97 Å². The Kier molecular flexibility index (Phi) is 7.23. The van der Waals surface area contributed by atoms with Gasteiger partial charge in [0.2, 0.25) is 0 Å². The largest absolute Gasteiger partial charge is 0.481 e. The first kappa shape index (κ1) is 23.2. The molecule has 1 aromatic heterocycles. The minimum absolute atomic E-state index is 0.0201. The number of nitrogens with one attached hydrogen (secondary N) is 2. The van der Waals surface area contributed by atoms with Gasteiger partial charge in [-0.05, 0) is 68.1 Å². The van der Waals surface area contributed by atoms with Crippen LogP contribution in [-0.2, 0) is 4.79 Å². The lowest BCUT2D eigenvalue weighted by Gasteiger charge is -2.31. The van der Waals surface area contributed by atoms with Crippen molar-refractivity contribution in [1.82, 2.24) is 5.32 Å². The van der Waals surface area contributed by atoms with Gasteiger partial charge in [0.1, 0.15) is 11.3 Å². The lowest BCUT2D eigenvalue weighted by atomic mass is 9.82. The van der Waals surface area contributed by atoms with Crippen molar-refractivity contribution in [3.05, 3.63) is 64.4 Å². The van der Waals surface area contributed by atoms with Crippen LogP contribution in [0, 0.1) is 12.8 Å². The summed E-state index contributed by atoms with van der Waals surface area (Å²) >= 11 is 6.23. The van der Waals surface area contributed by atoms with Crippen LogP contribution in [0.1, 0.15) is 66.2 Å². The molecule has 1 heterocycles. The molecule has 0 radical (unpaired) electrons. The molecule has 1 fully saturated rings. The van der Waals surface area contributed by atoms with Crippen LogP contribution in [-0.4, -0.2) is 23.5 Å². The molecule has 0 saturated heterocycles. The molecule has 3 N–H and O–H groups in total. The Morgan fingerprint density at radius 1 is 1.12 bits per heavy atom. The van der Waals surface area contributed by atoms with Crippen LogP contribution < -0.4 is 10.6 Å². The topological polar surface area (TPSA) is 91.6 Å². The summed E-state index contributed by atoms with van der Waals surface area (Å²) in [4.78, 5) is 22.9. The van der Waals surface area contributed by atoms with Gasteiger partial charge < -0.3 is 20.2 Å². The van der Waals surface area contributed by atoms with Crippen molar-refractivity contribution in [1.29, 1.82) is 0 Å². The van der Waals surface area contributed by atoms with E-state index in [0.29, 0.717) is 16.5 Å². The van der Waals surface area contributed by atoms with E-state index in [1.165, 1.54) is 19.3 Å². The Labute approximate surface area is 198 Å². The van der Waals surface area contributed by atoms with Crippen molar-refractivity contribution in [3.63, 3.8) is 0 Å². The average Bonchev–Trinajstić information content (AvgIpc) is 3.13. The molecule has 1 aliphatic carbocycles. The van der Waals surface area contributed by atoms with E-state index >= 15 is 0 Å². The number of benzene rings is 2. The lowest BCUT2D eigenvalue weighted by Crippen LogP contribution is -2.26. The molecular formula is C26H29ClN2O4. The highest BCUT2D eigenvalue weighted by Gasteiger charge is 2.30. The van der Waals surface area contributed by atoms with Crippen molar-refractivity contribution in [3.8, 4) is 0 Å². The number of hydrogen-bond donors (Lipinski definition) is 3. The summed E-state index contributed by atoms with van der Waals surface area (Å²) in [5.74, 6) is 0.172. The molecule has 1 saturated carbocycles. The molecule has 33 heavy (non-hydrogen) atoms. The third kappa shape index (κ3) is 5.50. The smallest absolute Gasteiger partial charge is 0.305 e. The molecule has 174 valence electrons.